The summed E-state index contributed by atoms with van der Waals surface area (Å²) in [6.45, 7) is 1.58. The monoisotopic (exact) mass is 474 g/mol. The fourth-order valence-electron chi connectivity index (χ4n) is 4.12. The fraction of sp³-hybridized carbons (Fsp3) is 0.231. The number of fused-ring (bicyclic) bond motifs is 3. The maximum absolute atomic E-state index is 12.8. The summed E-state index contributed by atoms with van der Waals surface area (Å²) >= 11 is 0. The average molecular weight is 475 g/mol. The molecule has 9 nitrogen and oxygen atoms in total. The van der Waals surface area contributed by atoms with Gasteiger partial charge in [0.1, 0.15) is 12.6 Å². The predicted molar refractivity (Wildman–Crippen MR) is 129 cm³/mol. The molecule has 0 saturated heterocycles. The molecule has 0 unspecified atom stereocenters. The van der Waals surface area contributed by atoms with Crippen molar-refractivity contribution in [3.05, 3.63) is 89.5 Å². The first-order chi connectivity index (χ1) is 16.9. The summed E-state index contributed by atoms with van der Waals surface area (Å²) in [5, 5.41) is 14.2. The van der Waals surface area contributed by atoms with Crippen LogP contribution < -0.4 is 10.6 Å². The highest BCUT2D eigenvalue weighted by molar-refractivity contribution is 5.87. The molecule has 1 aromatic heterocycles. The number of aromatic amines is 1. The van der Waals surface area contributed by atoms with Gasteiger partial charge in [-0.25, -0.2) is 14.6 Å². The number of amides is 2. The molecule has 4 N–H and O–H groups in total. The van der Waals surface area contributed by atoms with Gasteiger partial charge in [-0.15, -0.1) is 0 Å². The summed E-state index contributed by atoms with van der Waals surface area (Å²) in [6.07, 6.45) is 3.88. The maximum Gasteiger partial charge on any atom is 0.407 e. The van der Waals surface area contributed by atoms with E-state index < -0.39 is 24.0 Å². The van der Waals surface area contributed by atoms with Gasteiger partial charge in [0.2, 0.25) is 5.91 Å². The van der Waals surface area contributed by atoms with Crippen LogP contribution in [-0.2, 0) is 20.7 Å². The standard InChI is InChI=1S/C26H26N4O5/c1-16(25(32)33)10-11-28-24(31)23(12-17-13-27-15-29-17)30-26(34)35-14-22-20-8-4-2-6-18(20)19-7-3-5-9-21(19)22/h2-10,13,15,22-23H,11-12,14H2,1H3,(H,27,29)(H,28,31)(H,30,34)(H,32,33)/b16-10-/t23-/m1/s1. The molecule has 9 heteroatoms. The number of hydrogen-bond acceptors (Lipinski definition) is 5. The highest BCUT2D eigenvalue weighted by atomic mass is 16.5. The molecule has 180 valence electrons. The lowest BCUT2D eigenvalue weighted by atomic mass is 9.98. The number of nitrogens with zero attached hydrogens (tertiary/aromatic N) is 1. The molecule has 1 atom stereocenters. The molecule has 1 aliphatic carbocycles. The summed E-state index contributed by atoms with van der Waals surface area (Å²) < 4.78 is 5.57. The second-order valence-electron chi connectivity index (χ2n) is 8.24. The van der Waals surface area contributed by atoms with Crippen molar-refractivity contribution in [3.63, 3.8) is 0 Å². The zero-order valence-electron chi connectivity index (χ0n) is 19.2. The van der Waals surface area contributed by atoms with E-state index in [-0.39, 0.29) is 31.1 Å². The van der Waals surface area contributed by atoms with Crippen molar-refractivity contribution < 1.29 is 24.2 Å². The molecule has 0 fully saturated rings. The summed E-state index contributed by atoms with van der Waals surface area (Å²) in [7, 11) is 0. The van der Waals surface area contributed by atoms with Gasteiger partial charge in [0.25, 0.3) is 0 Å². The van der Waals surface area contributed by atoms with E-state index in [2.05, 4.69) is 32.7 Å². The minimum atomic E-state index is -1.06. The zero-order chi connectivity index (χ0) is 24.8. The van der Waals surface area contributed by atoms with Crippen LogP contribution in [0, 0.1) is 0 Å². The average Bonchev–Trinajstić information content (AvgIpc) is 3.48. The number of ether oxygens (including phenoxy) is 1. The molecule has 1 aliphatic rings. The third-order valence-electron chi connectivity index (χ3n) is 5.95. The SMILES string of the molecule is C/C(=C/CNC(=O)[C@@H](Cc1cnc[nH]1)NC(=O)OCC1c2ccccc2-c2ccccc21)C(=O)O. The lowest BCUT2D eigenvalue weighted by Crippen LogP contribution is -2.48. The Morgan fingerprint density at radius 2 is 1.77 bits per heavy atom. The Kier molecular flexibility index (Phi) is 7.25. The van der Waals surface area contributed by atoms with Crippen LogP contribution in [0.2, 0.25) is 0 Å². The number of aromatic nitrogens is 2. The minimum absolute atomic E-state index is 0.0167. The molecule has 3 aromatic rings. The highest BCUT2D eigenvalue weighted by Gasteiger charge is 2.30. The molecular weight excluding hydrogens is 448 g/mol. The summed E-state index contributed by atoms with van der Waals surface area (Å²) in [5.74, 6) is -1.63. The van der Waals surface area contributed by atoms with Crippen molar-refractivity contribution in [1.82, 2.24) is 20.6 Å². The van der Waals surface area contributed by atoms with Crippen LogP contribution in [0.1, 0.15) is 29.7 Å². The maximum atomic E-state index is 12.8. The quantitative estimate of drug-likeness (QED) is 0.352. The molecule has 0 spiro atoms. The Balaban J connectivity index is 1.41. The molecule has 0 bridgehead atoms. The fourth-order valence-corrected chi connectivity index (χ4v) is 4.12. The number of nitrogens with one attached hydrogen (secondary N) is 3. The van der Waals surface area contributed by atoms with E-state index in [0.29, 0.717) is 5.69 Å². The molecule has 0 radical (unpaired) electrons. The van der Waals surface area contributed by atoms with E-state index >= 15 is 0 Å². The normalized spacial score (nSPS) is 13.5. The van der Waals surface area contributed by atoms with Crippen LogP contribution in [0.5, 0.6) is 0 Å². The number of carbonyl (C=O) groups is 3. The highest BCUT2D eigenvalue weighted by Crippen LogP contribution is 2.44. The zero-order valence-corrected chi connectivity index (χ0v) is 19.2. The first kappa shape index (κ1) is 23.7. The van der Waals surface area contributed by atoms with Gasteiger partial charge in [-0.05, 0) is 29.2 Å². The number of carbonyl (C=O) groups excluding carboxylic acids is 2. The topological polar surface area (TPSA) is 133 Å². The first-order valence-corrected chi connectivity index (χ1v) is 11.2. The van der Waals surface area contributed by atoms with Gasteiger partial charge < -0.3 is 25.5 Å². The largest absolute Gasteiger partial charge is 0.478 e. The second kappa shape index (κ2) is 10.7. The number of carboxylic acids is 1. The number of carboxylic acid groups (broad SMARTS) is 1. The molecule has 0 saturated carbocycles. The molecule has 1 heterocycles. The van der Waals surface area contributed by atoms with E-state index in [9.17, 15) is 14.4 Å². The molecule has 2 aromatic carbocycles. The van der Waals surface area contributed by atoms with Gasteiger partial charge in [0.05, 0.1) is 6.33 Å². The number of benzene rings is 2. The number of hydrogen-bond donors (Lipinski definition) is 4. The molecule has 35 heavy (non-hydrogen) atoms. The van der Waals surface area contributed by atoms with Gasteiger partial charge in [0.15, 0.2) is 0 Å². The van der Waals surface area contributed by atoms with Crippen LogP contribution in [0.15, 0.2) is 72.7 Å². The van der Waals surface area contributed by atoms with Crippen LogP contribution in [0.25, 0.3) is 11.1 Å². The number of rotatable bonds is 9. The van der Waals surface area contributed by atoms with E-state index in [4.69, 9.17) is 9.84 Å². The van der Waals surface area contributed by atoms with Crippen LogP contribution in [-0.4, -0.2) is 52.2 Å². The van der Waals surface area contributed by atoms with Crippen LogP contribution in [0.3, 0.4) is 0 Å². The van der Waals surface area contributed by atoms with E-state index in [1.54, 1.807) is 6.20 Å². The Morgan fingerprint density at radius 3 is 2.37 bits per heavy atom. The van der Waals surface area contributed by atoms with Crippen molar-refractivity contribution in [2.75, 3.05) is 13.2 Å². The molecular formula is C26H26N4O5. The van der Waals surface area contributed by atoms with Crippen molar-refractivity contribution in [3.8, 4) is 11.1 Å². The minimum Gasteiger partial charge on any atom is -0.478 e. The molecule has 2 amide bonds. The number of alkyl carbamates (subject to hydrolysis) is 1. The predicted octanol–water partition coefficient (Wildman–Crippen LogP) is 3.01. The number of aliphatic carboxylic acids is 1. The summed E-state index contributed by atoms with van der Waals surface area (Å²) in [4.78, 5) is 43.3. The third-order valence-corrected chi connectivity index (χ3v) is 5.95. The van der Waals surface area contributed by atoms with Gasteiger partial charge >= 0.3 is 12.1 Å². The van der Waals surface area contributed by atoms with Crippen molar-refractivity contribution in [1.29, 1.82) is 0 Å². The first-order valence-electron chi connectivity index (χ1n) is 11.2. The van der Waals surface area contributed by atoms with Gasteiger partial charge in [-0.3, -0.25) is 4.79 Å². The lowest BCUT2D eigenvalue weighted by molar-refractivity contribution is -0.132. The van der Waals surface area contributed by atoms with Crippen molar-refractivity contribution >= 4 is 18.0 Å². The Morgan fingerprint density at radius 1 is 1.11 bits per heavy atom. The van der Waals surface area contributed by atoms with Gasteiger partial charge in [-0.1, -0.05) is 54.6 Å². The van der Waals surface area contributed by atoms with Gasteiger partial charge in [0, 0.05) is 36.3 Å². The van der Waals surface area contributed by atoms with E-state index in [1.807, 2.05) is 36.4 Å². The van der Waals surface area contributed by atoms with Crippen molar-refractivity contribution in [2.24, 2.45) is 0 Å². The molecule has 4 rings (SSSR count). The smallest absolute Gasteiger partial charge is 0.407 e. The van der Waals surface area contributed by atoms with Crippen LogP contribution >= 0.6 is 0 Å². The van der Waals surface area contributed by atoms with E-state index in [0.717, 1.165) is 22.3 Å². The summed E-state index contributed by atoms with van der Waals surface area (Å²) in [6, 6.07) is 15.1. The summed E-state index contributed by atoms with van der Waals surface area (Å²) in [5.41, 5.74) is 5.19. The van der Waals surface area contributed by atoms with Gasteiger partial charge in [-0.2, -0.15) is 0 Å². The van der Waals surface area contributed by atoms with Crippen LogP contribution in [0.4, 0.5) is 4.79 Å². The van der Waals surface area contributed by atoms with Crippen molar-refractivity contribution in [2.45, 2.75) is 25.3 Å². The Bertz CT molecular complexity index is 1210. The third kappa shape index (κ3) is 5.57. The van der Waals surface area contributed by atoms with E-state index in [1.165, 1.54) is 19.3 Å². The Labute approximate surface area is 202 Å². The lowest BCUT2D eigenvalue weighted by Gasteiger charge is -2.19. The molecule has 0 aliphatic heterocycles. The second-order valence-corrected chi connectivity index (χ2v) is 8.24. The Hall–Kier alpha value is -4.40. The number of imidazole rings is 1. The number of H-pyrrole nitrogens is 1.